The number of aryl methyl sites for hydroxylation is 1. The molecule has 116 valence electrons. The zero-order valence-electron chi connectivity index (χ0n) is 12.6. The van der Waals surface area contributed by atoms with E-state index in [0.717, 1.165) is 17.8 Å². The highest BCUT2D eigenvalue weighted by molar-refractivity contribution is 5.23. The van der Waals surface area contributed by atoms with Crippen LogP contribution in [-0.2, 0) is 13.0 Å². The SMILES string of the molecule is Cc1ccc(CN2C[C@@H](Cc3cnccn3)[C@H](O)C2)cc1F. The van der Waals surface area contributed by atoms with Crippen LogP contribution in [0.25, 0.3) is 0 Å². The van der Waals surface area contributed by atoms with Crippen LogP contribution < -0.4 is 0 Å². The van der Waals surface area contributed by atoms with Crippen molar-refractivity contribution in [3.8, 4) is 0 Å². The Labute approximate surface area is 129 Å². The number of likely N-dealkylation sites (tertiary alicyclic amines) is 1. The maximum Gasteiger partial charge on any atom is 0.126 e. The number of halogens is 1. The van der Waals surface area contributed by atoms with Crippen molar-refractivity contribution in [3.05, 3.63) is 59.4 Å². The molecular formula is C17H20FN3O. The first kappa shape index (κ1) is 15.1. The minimum atomic E-state index is -0.377. The molecular weight excluding hydrogens is 281 g/mol. The fourth-order valence-electron chi connectivity index (χ4n) is 2.97. The summed E-state index contributed by atoms with van der Waals surface area (Å²) in [6.07, 6.45) is 5.40. The first-order chi connectivity index (χ1) is 10.6. The maximum atomic E-state index is 13.6. The molecule has 1 aliphatic heterocycles. The molecule has 3 rings (SSSR count). The van der Waals surface area contributed by atoms with Crippen molar-refractivity contribution >= 4 is 0 Å². The fourth-order valence-corrected chi connectivity index (χ4v) is 2.97. The van der Waals surface area contributed by atoms with E-state index in [9.17, 15) is 9.50 Å². The summed E-state index contributed by atoms with van der Waals surface area (Å²) in [4.78, 5) is 10.5. The molecule has 1 aliphatic rings. The molecule has 5 heteroatoms. The molecule has 4 nitrogen and oxygen atoms in total. The third kappa shape index (κ3) is 3.48. The molecule has 22 heavy (non-hydrogen) atoms. The van der Waals surface area contributed by atoms with Gasteiger partial charge in [0.2, 0.25) is 0 Å². The van der Waals surface area contributed by atoms with Gasteiger partial charge in [-0.2, -0.15) is 0 Å². The molecule has 0 spiro atoms. The lowest BCUT2D eigenvalue weighted by molar-refractivity contribution is 0.140. The molecule has 2 aromatic rings. The first-order valence-corrected chi connectivity index (χ1v) is 7.52. The second-order valence-electron chi connectivity index (χ2n) is 6.01. The number of rotatable bonds is 4. The molecule has 0 aliphatic carbocycles. The van der Waals surface area contributed by atoms with Crippen molar-refractivity contribution in [1.82, 2.24) is 14.9 Å². The number of hydrogen-bond donors (Lipinski definition) is 1. The van der Waals surface area contributed by atoms with E-state index < -0.39 is 0 Å². The molecule has 1 N–H and O–H groups in total. The van der Waals surface area contributed by atoms with Gasteiger partial charge < -0.3 is 5.11 Å². The summed E-state index contributed by atoms with van der Waals surface area (Å²) >= 11 is 0. The summed E-state index contributed by atoms with van der Waals surface area (Å²) in [5.74, 6) is -0.0275. The Morgan fingerprint density at radius 2 is 2.18 bits per heavy atom. The zero-order valence-corrected chi connectivity index (χ0v) is 12.6. The number of aliphatic hydroxyl groups excluding tert-OH is 1. The number of aromatic nitrogens is 2. The van der Waals surface area contributed by atoms with Crippen molar-refractivity contribution in [1.29, 1.82) is 0 Å². The second-order valence-corrected chi connectivity index (χ2v) is 6.01. The molecule has 0 bridgehead atoms. The Morgan fingerprint density at radius 1 is 1.32 bits per heavy atom. The van der Waals surface area contributed by atoms with E-state index in [0.29, 0.717) is 25.1 Å². The normalized spacial score (nSPS) is 22.1. The highest BCUT2D eigenvalue weighted by atomic mass is 19.1. The summed E-state index contributed by atoms with van der Waals surface area (Å²) in [7, 11) is 0. The van der Waals surface area contributed by atoms with Crippen LogP contribution in [0.15, 0.2) is 36.8 Å². The van der Waals surface area contributed by atoms with Gasteiger partial charge in [-0.3, -0.25) is 14.9 Å². The van der Waals surface area contributed by atoms with Gasteiger partial charge in [-0.05, 0) is 30.5 Å². The number of nitrogens with zero attached hydrogens (tertiary/aromatic N) is 3. The zero-order chi connectivity index (χ0) is 15.5. The first-order valence-electron chi connectivity index (χ1n) is 7.52. The van der Waals surface area contributed by atoms with Crippen molar-refractivity contribution in [2.75, 3.05) is 13.1 Å². The third-order valence-corrected chi connectivity index (χ3v) is 4.21. The summed E-state index contributed by atoms with van der Waals surface area (Å²) in [6, 6.07) is 5.33. The Morgan fingerprint density at radius 3 is 2.91 bits per heavy atom. The van der Waals surface area contributed by atoms with Crippen LogP contribution in [0.4, 0.5) is 4.39 Å². The van der Waals surface area contributed by atoms with E-state index in [1.54, 1.807) is 37.6 Å². The average molecular weight is 301 g/mol. The quantitative estimate of drug-likeness (QED) is 0.938. The number of benzene rings is 1. The lowest BCUT2D eigenvalue weighted by Crippen LogP contribution is -2.21. The molecule has 1 saturated heterocycles. The van der Waals surface area contributed by atoms with Crippen LogP contribution in [0, 0.1) is 18.7 Å². The molecule has 2 atom stereocenters. The molecule has 0 radical (unpaired) electrons. The van der Waals surface area contributed by atoms with Gasteiger partial charge in [-0.15, -0.1) is 0 Å². The van der Waals surface area contributed by atoms with Gasteiger partial charge in [0, 0.05) is 44.1 Å². The minimum absolute atomic E-state index is 0.145. The van der Waals surface area contributed by atoms with Crippen LogP contribution in [0.3, 0.4) is 0 Å². The summed E-state index contributed by atoms with van der Waals surface area (Å²) < 4.78 is 13.6. The summed E-state index contributed by atoms with van der Waals surface area (Å²) in [6.45, 7) is 3.81. The van der Waals surface area contributed by atoms with E-state index in [-0.39, 0.29) is 17.8 Å². The summed E-state index contributed by atoms with van der Waals surface area (Å²) in [5, 5.41) is 10.2. The van der Waals surface area contributed by atoms with E-state index in [2.05, 4.69) is 14.9 Å². The van der Waals surface area contributed by atoms with E-state index >= 15 is 0 Å². The smallest absolute Gasteiger partial charge is 0.126 e. The lowest BCUT2D eigenvalue weighted by Gasteiger charge is -2.16. The predicted octanol–water partition coefficient (Wildman–Crippen LogP) is 1.96. The van der Waals surface area contributed by atoms with Gasteiger partial charge in [0.15, 0.2) is 0 Å². The highest BCUT2D eigenvalue weighted by Gasteiger charge is 2.31. The van der Waals surface area contributed by atoms with Gasteiger partial charge in [-0.1, -0.05) is 12.1 Å². The topological polar surface area (TPSA) is 49.2 Å². The van der Waals surface area contributed by atoms with E-state index in [4.69, 9.17) is 0 Å². The van der Waals surface area contributed by atoms with Crippen LogP contribution >= 0.6 is 0 Å². The van der Waals surface area contributed by atoms with E-state index in [1.807, 2.05) is 6.07 Å². The van der Waals surface area contributed by atoms with Crippen molar-refractivity contribution < 1.29 is 9.50 Å². The van der Waals surface area contributed by atoms with Crippen molar-refractivity contribution in [3.63, 3.8) is 0 Å². The number of hydrogen-bond acceptors (Lipinski definition) is 4. The molecule has 1 aromatic heterocycles. The summed E-state index contributed by atoms with van der Waals surface area (Å²) in [5.41, 5.74) is 2.50. The molecule has 1 fully saturated rings. The largest absolute Gasteiger partial charge is 0.391 e. The minimum Gasteiger partial charge on any atom is -0.391 e. The second kappa shape index (κ2) is 6.50. The number of β-amino-alcohol motifs (C(OH)–C–C–N with tert-alkyl or cyclic N) is 1. The van der Waals surface area contributed by atoms with Crippen molar-refractivity contribution in [2.45, 2.75) is 26.0 Å². The van der Waals surface area contributed by atoms with Crippen molar-refractivity contribution in [2.24, 2.45) is 5.92 Å². The Balaban J connectivity index is 1.61. The maximum absolute atomic E-state index is 13.6. The fraction of sp³-hybridized carbons (Fsp3) is 0.412. The highest BCUT2D eigenvalue weighted by Crippen LogP contribution is 2.22. The molecule has 2 heterocycles. The number of aliphatic hydroxyl groups is 1. The monoisotopic (exact) mass is 301 g/mol. The molecule has 0 saturated carbocycles. The lowest BCUT2D eigenvalue weighted by atomic mass is 10.0. The Bertz CT molecular complexity index is 635. The van der Waals surface area contributed by atoms with Gasteiger partial charge >= 0.3 is 0 Å². The molecule has 0 amide bonds. The third-order valence-electron chi connectivity index (χ3n) is 4.21. The standard InChI is InChI=1S/C17H20FN3O/c1-12-2-3-13(6-16(12)18)9-21-10-14(17(22)11-21)7-15-8-19-4-5-20-15/h2-6,8,14,17,22H,7,9-11H2,1H3/t14-,17-/m1/s1. The average Bonchev–Trinajstić information content (AvgIpc) is 2.84. The van der Waals surface area contributed by atoms with Crippen LogP contribution in [-0.4, -0.2) is 39.2 Å². The van der Waals surface area contributed by atoms with Crippen LogP contribution in [0.5, 0.6) is 0 Å². The molecule has 1 aromatic carbocycles. The van der Waals surface area contributed by atoms with Gasteiger partial charge in [-0.25, -0.2) is 4.39 Å². The van der Waals surface area contributed by atoms with Crippen LogP contribution in [0.2, 0.25) is 0 Å². The Hall–Kier alpha value is -1.85. The van der Waals surface area contributed by atoms with E-state index in [1.165, 1.54) is 0 Å². The molecule has 0 unspecified atom stereocenters. The van der Waals surface area contributed by atoms with Crippen LogP contribution in [0.1, 0.15) is 16.8 Å². The predicted molar refractivity (Wildman–Crippen MR) is 81.6 cm³/mol. The van der Waals surface area contributed by atoms with Gasteiger partial charge in [0.25, 0.3) is 0 Å². The van der Waals surface area contributed by atoms with Gasteiger partial charge in [0.1, 0.15) is 5.82 Å². The van der Waals surface area contributed by atoms with Gasteiger partial charge in [0.05, 0.1) is 11.8 Å². The Kier molecular flexibility index (Phi) is 4.45.